The number of hydrogen-bond acceptors (Lipinski definition) is 7. The third-order valence-electron chi connectivity index (χ3n) is 4.69. The molecule has 2 aliphatic rings. The lowest BCUT2D eigenvalue weighted by molar-refractivity contribution is 0.174. The number of anilines is 2. The summed E-state index contributed by atoms with van der Waals surface area (Å²) in [5, 5.41) is 11.6. The van der Waals surface area contributed by atoms with Crippen molar-refractivity contribution in [2.75, 3.05) is 12.1 Å². The molecule has 0 atom stereocenters. The second kappa shape index (κ2) is 7.40. The van der Waals surface area contributed by atoms with Gasteiger partial charge in [0.1, 0.15) is 11.5 Å². The Bertz CT molecular complexity index is 1120. The molecule has 0 bridgehead atoms. The van der Waals surface area contributed by atoms with Crippen molar-refractivity contribution in [3.63, 3.8) is 0 Å². The van der Waals surface area contributed by atoms with E-state index < -0.39 is 0 Å². The highest BCUT2D eigenvalue weighted by atomic mass is 32.2. The van der Waals surface area contributed by atoms with Gasteiger partial charge in [-0.05, 0) is 49.2 Å². The summed E-state index contributed by atoms with van der Waals surface area (Å²) in [5.41, 5.74) is 0.966. The smallest absolute Gasteiger partial charge is 0.278 e. The third kappa shape index (κ3) is 3.77. The number of fused-ring (bicyclic) bond motifs is 1. The average Bonchev–Trinajstić information content (AvgIpc) is 3.45. The van der Waals surface area contributed by atoms with Crippen LogP contribution in [0.1, 0.15) is 24.6 Å². The van der Waals surface area contributed by atoms with E-state index in [4.69, 9.17) is 9.47 Å². The largest absolute Gasteiger partial charge is 0.454 e. The zero-order valence-corrected chi connectivity index (χ0v) is 16.1. The van der Waals surface area contributed by atoms with E-state index in [2.05, 4.69) is 15.5 Å². The van der Waals surface area contributed by atoms with Crippen LogP contribution in [-0.4, -0.2) is 21.6 Å². The van der Waals surface area contributed by atoms with Crippen LogP contribution >= 0.6 is 11.8 Å². The van der Waals surface area contributed by atoms with Gasteiger partial charge in [-0.1, -0.05) is 0 Å². The van der Waals surface area contributed by atoms with Crippen molar-refractivity contribution in [3.8, 4) is 11.5 Å². The number of ether oxygens (including phenoxy) is 2. The first-order valence-electron chi connectivity index (χ1n) is 9.20. The van der Waals surface area contributed by atoms with Crippen molar-refractivity contribution in [1.82, 2.24) is 14.8 Å². The van der Waals surface area contributed by atoms with Gasteiger partial charge in [-0.2, -0.15) is 0 Å². The summed E-state index contributed by atoms with van der Waals surface area (Å²) >= 11 is 1.43. The Kier molecular flexibility index (Phi) is 4.59. The topological polar surface area (TPSA) is 78.3 Å². The van der Waals surface area contributed by atoms with Gasteiger partial charge in [0.25, 0.3) is 5.56 Å². The second-order valence-electron chi connectivity index (χ2n) is 6.81. The number of aromatic nitrogens is 3. The SMILES string of the molecule is O=c1c(CSc2ccc(F)cc2)nnc(Nc2ccc3c(c2)OCO3)n1C1CC1. The van der Waals surface area contributed by atoms with Gasteiger partial charge in [0.05, 0.1) is 0 Å². The molecule has 0 spiro atoms. The van der Waals surface area contributed by atoms with Crippen molar-refractivity contribution in [1.29, 1.82) is 0 Å². The molecule has 148 valence electrons. The summed E-state index contributed by atoms with van der Waals surface area (Å²) in [7, 11) is 0. The molecule has 2 heterocycles. The molecule has 0 unspecified atom stereocenters. The highest BCUT2D eigenvalue weighted by Gasteiger charge is 2.29. The van der Waals surface area contributed by atoms with Gasteiger partial charge >= 0.3 is 0 Å². The van der Waals surface area contributed by atoms with E-state index in [1.807, 2.05) is 18.2 Å². The van der Waals surface area contributed by atoms with Crippen LogP contribution in [0.25, 0.3) is 0 Å². The molecule has 0 amide bonds. The number of benzene rings is 2. The van der Waals surface area contributed by atoms with Crippen molar-refractivity contribution < 1.29 is 13.9 Å². The number of rotatable bonds is 6. The molecule has 7 nitrogen and oxygen atoms in total. The van der Waals surface area contributed by atoms with Crippen LogP contribution in [0, 0.1) is 5.82 Å². The lowest BCUT2D eigenvalue weighted by atomic mass is 10.3. The monoisotopic (exact) mass is 412 g/mol. The Hall–Kier alpha value is -3.07. The van der Waals surface area contributed by atoms with Gasteiger partial charge in [0, 0.05) is 28.4 Å². The summed E-state index contributed by atoms with van der Waals surface area (Å²) < 4.78 is 25.5. The van der Waals surface area contributed by atoms with E-state index in [1.54, 1.807) is 16.7 Å². The maximum absolute atomic E-state index is 13.1. The minimum absolute atomic E-state index is 0.129. The predicted octanol–water partition coefficient (Wildman–Crippen LogP) is 3.88. The molecule has 1 aliphatic carbocycles. The standard InChI is InChI=1S/C20H17FN4O3S/c21-12-1-6-15(7-2-12)29-10-16-19(26)25(14-4-5-14)20(24-23-16)22-13-3-8-17-18(9-13)28-11-27-17/h1-3,6-9,14H,4-5,10-11H2,(H,22,24). The molecular formula is C20H17FN4O3S. The van der Waals surface area contributed by atoms with Gasteiger partial charge < -0.3 is 14.8 Å². The summed E-state index contributed by atoms with van der Waals surface area (Å²) in [6, 6.07) is 11.8. The molecule has 1 N–H and O–H groups in total. The summed E-state index contributed by atoms with van der Waals surface area (Å²) in [5.74, 6) is 1.83. The average molecular weight is 412 g/mol. The fourth-order valence-electron chi connectivity index (χ4n) is 3.07. The Morgan fingerprint density at radius 2 is 1.90 bits per heavy atom. The number of halogens is 1. The first-order valence-corrected chi connectivity index (χ1v) is 10.2. The van der Waals surface area contributed by atoms with Gasteiger partial charge in [-0.25, -0.2) is 4.39 Å². The summed E-state index contributed by atoms with van der Waals surface area (Å²) in [6.45, 7) is 0.200. The Morgan fingerprint density at radius 3 is 2.69 bits per heavy atom. The number of nitrogens with one attached hydrogen (secondary N) is 1. The van der Waals surface area contributed by atoms with Gasteiger partial charge in [-0.15, -0.1) is 22.0 Å². The first-order chi connectivity index (χ1) is 14.2. The maximum atomic E-state index is 13.1. The van der Waals surface area contributed by atoms with Crippen LogP contribution < -0.4 is 20.3 Å². The molecule has 1 aliphatic heterocycles. The molecule has 1 saturated carbocycles. The minimum atomic E-state index is -0.288. The van der Waals surface area contributed by atoms with Crippen molar-refractivity contribution in [2.24, 2.45) is 0 Å². The third-order valence-corrected chi connectivity index (χ3v) is 5.71. The minimum Gasteiger partial charge on any atom is -0.454 e. The summed E-state index contributed by atoms with van der Waals surface area (Å²) in [6.07, 6.45) is 1.87. The molecular weight excluding hydrogens is 395 g/mol. The second-order valence-corrected chi connectivity index (χ2v) is 7.86. The first kappa shape index (κ1) is 18.0. The van der Waals surface area contributed by atoms with Crippen LogP contribution in [0.4, 0.5) is 16.0 Å². The van der Waals surface area contributed by atoms with Crippen LogP contribution in [0.5, 0.6) is 11.5 Å². The lowest BCUT2D eigenvalue weighted by Gasteiger charge is -2.13. The normalized spacial score (nSPS) is 14.8. The highest BCUT2D eigenvalue weighted by molar-refractivity contribution is 7.98. The fraction of sp³-hybridized carbons (Fsp3) is 0.250. The number of thioether (sulfide) groups is 1. The lowest BCUT2D eigenvalue weighted by Crippen LogP contribution is -2.27. The molecule has 29 heavy (non-hydrogen) atoms. The molecule has 1 aromatic heterocycles. The van der Waals surface area contributed by atoms with Crippen LogP contribution in [-0.2, 0) is 5.75 Å². The van der Waals surface area contributed by atoms with Crippen LogP contribution in [0.15, 0.2) is 52.2 Å². The fourth-order valence-corrected chi connectivity index (χ4v) is 3.88. The maximum Gasteiger partial charge on any atom is 0.278 e. The van der Waals surface area contributed by atoms with E-state index in [0.29, 0.717) is 28.9 Å². The quantitative estimate of drug-likeness (QED) is 0.616. The summed E-state index contributed by atoms with van der Waals surface area (Å²) in [4.78, 5) is 13.9. The Morgan fingerprint density at radius 1 is 1.10 bits per heavy atom. The zero-order chi connectivity index (χ0) is 19.8. The number of nitrogens with zero attached hydrogens (tertiary/aromatic N) is 3. The highest BCUT2D eigenvalue weighted by Crippen LogP contribution is 2.38. The van der Waals surface area contributed by atoms with Crippen LogP contribution in [0.2, 0.25) is 0 Å². The van der Waals surface area contributed by atoms with Crippen molar-refractivity contribution in [3.05, 3.63) is 64.3 Å². The molecule has 9 heteroatoms. The predicted molar refractivity (Wildman–Crippen MR) is 106 cm³/mol. The Labute approximate surface area is 169 Å². The zero-order valence-electron chi connectivity index (χ0n) is 15.3. The molecule has 0 radical (unpaired) electrons. The van der Waals surface area contributed by atoms with E-state index in [1.165, 1.54) is 23.9 Å². The van der Waals surface area contributed by atoms with E-state index >= 15 is 0 Å². The molecule has 5 rings (SSSR count). The molecule has 3 aromatic rings. The van der Waals surface area contributed by atoms with E-state index in [0.717, 1.165) is 23.4 Å². The van der Waals surface area contributed by atoms with E-state index in [9.17, 15) is 9.18 Å². The molecule has 1 fully saturated rings. The van der Waals surface area contributed by atoms with Gasteiger partial charge in [0.2, 0.25) is 12.7 Å². The Balaban J connectivity index is 1.39. The van der Waals surface area contributed by atoms with Crippen molar-refractivity contribution in [2.45, 2.75) is 29.5 Å². The van der Waals surface area contributed by atoms with Crippen molar-refractivity contribution >= 4 is 23.4 Å². The number of hydrogen-bond donors (Lipinski definition) is 1. The van der Waals surface area contributed by atoms with E-state index in [-0.39, 0.29) is 24.2 Å². The molecule has 2 aromatic carbocycles. The van der Waals surface area contributed by atoms with Crippen LogP contribution in [0.3, 0.4) is 0 Å². The molecule has 0 saturated heterocycles. The van der Waals surface area contributed by atoms with Gasteiger partial charge in [0.15, 0.2) is 11.5 Å². The van der Waals surface area contributed by atoms with Gasteiger partial charge in [-0.3, -0.25) is 9.36 Å².